The Hall–Kier alpha value is -3.37. The normalized spacial score (nSPS) is 21.1. The molecule has 2 aliphatic rings. The van der Waals surface area contributed by atoms with Crippen molar-refractivity contribution in [2.45, 2.75) is 50.6 Å². The van der Waals surface area contributed by atoms with Gasteiger partial charge in [0.15, 0.2) is 23.1 Å². The number of H-pyrrole nitrogens is 1. The first kappa shape index (κ1) is 20.5. The molecule has 0 aromatic carbocycles. The molecular weight excluding hydrogens is 418 g/mol. The molecule has 2 amide bonds. The van der Waals surface area contributed by atoms with Crippen LogP contribution < -0.4 is 10.6 Å². The van der Waals surface area contributed by atoms with Gasteiger partial charge in [0.2, 0.25) is 0 Å². The molecule has 3 N–H and O–H groups in total. The van der Waals surface area contributed by atoms with E-state index in [0.29, 0.717) is 23.1 Å². The summed E-state index contributed by atoms with van der Waals surface area (Å²) in [6.45, 7) is 1.60. The molecule has 2 atom stereocenters. The van der Waals surface area contributed by atoms with E-state index in [1.165, 1.54) is 6.07 Å². The summed E-state index contributed by atoms with van der Waals surface area (Å²) in [5.74, 6) is -0.827. The van der Waals surface area contributed by atoms with Crippen molar-refractivity contribution in [3.63, 3.8) is 0 Å². The number of halogens is 2. The Balaban J connectivity index is 1.30. The summed E-state index contributed by atoms with van der Waals surface area (Å²) in [5, 5.41) is 13.5. The fourth-order valence-corrected chi connectivity index (χ4v) is 4.46. The van der Waals surface area contributed by atoms with E-state index in [4.69, 9.17) is 0 Å². The SMILES string of the molecule is O=C(N[C@@H]1CCC[C@H](Nc2nc(-c3[nH]nc4ncc(F)cc34)ncc2F)C1)N1CCCC1. The Morgan fingerprint density at radius 1 is 1.09 bits per heavy atom. The van der Waals surface area contributed by atoms with Crippen molar-refractivity contribution in [1.82, 2.24) is 35.4 Å². The van der Waals surface area contributed by atoms with Crippen LogP contribution in [-0.2, 0) is 0 Å². The summed E-state index contributed by atoms with van der Waals surface area (Å²) in [6, 6.07) is 1.26. The molecule has 0 radical (unpaired) electrons. The number of rotatable bonds is 4. The summed E-state index contributed by atoms with van der Waals surface area (Å²) < 4.78 is 28.1. The van der Waals surface area contributed by atoms with E-state index in [1.54, 1.807) is 0 Å². The number of pyridine rings is 1. The third-order valence-corrected chi connectivity index (χ3v) is 6.08. The summed E-state index contributed by atoms with van der Waals surface area (Å²) in [4.78, 5) is 26.5. The van der Waals surface area contributed by atoms with E-state index in [2.05, 4.69) is 35.8 Å². The number of anilines is 1. The van der Waals surface area contributed by atoms with Gasteiger partial charge in [0.1, 0.15) is 11.5 Å². The highest BCUT2D eigenvalue weighted by Crippen LogP contribution is 2.27. The maximum Gasteiger partial charge on any atom is 0.317 e. The minimum absolute atomic E-state index is 0.0179. The Kier molecular flexibility index (Phi) is 5.54. The van der Waals surface area contributed by atoms with Crippen molar-refractivity contribution in [3.05, 3.63) is 30.1 Å². The highest BCUT2D eigenvalue weighted by molar-refractivity contribution is 5.88. The van der Waals surface area contributed by atoms with Crippen LogP contribution in [0, 0.1) is 11.6 Å². The third-order valence-electron chi connectivity index (χ3n) is 6.08. The molecule has 1 aliphatic carbocycles. The zero-order chi connectivity index (χ0) is 22.1. The molecular formula is C21H24F2N8O. The molecule has 0 spiro atoms. The number of aromatic amines is 1. The quantitative estimate of drug-likeness (QED) is 0.572. The minimum Gasteiger partial charge on any atom is -0.365 e. The Labute approximate surface area is 183 Å². The van der Waals surface area contributed by atoms with Crippen LogP contribution in [0.1, 0.15) is 38.5 Å². The van der Waals surface area contributed by atoms with Crippen molar-refractivity contribution < 1.29 is 13.6 Å². The number of nitrogens with zero attached hydrogens (tertiary/aromatic N) is 5. The number of amides is 2. The number of fused-ring (bicyclic) bond motifs is 1. The number of hydrogen-bond donors (Lipinski definition) is 3. The van der Waals surface area contributed by atoms with Crippen molar-refractivity contribution in [2.24, 2.45) is 0 Å². The summed E-state index contributed by atoms with van der Waals surface area (Å²) >= 11 is 0. The molecule has 1 aliphatic heterocycles. The molecule has 3 aromatic heterocycles. The number of nitrogens with one attached hydrogen (secondary N) is 3. The molecule has 0 bridgehead atoms. The smallest absolute Gasteiger partial charge is 0.317 e. The monoisotopic (exact) mass is 442 g/mol. The zero-order valence-electron chi connectivity index (χ0n) is 17.4. The van der Waals surface area contributed by atoms with Gasteiger partial charge < -0.3 is 15.5 Å². The molecule has 0 unspecified atom stereocenters. The van der Waals surface area contributed by atoms with Gasteiger partial charge in [-0.15, -0.1) is 0 Å². The van der Waals surface area contributed by atoms with E-state index < -0.39 is 11.6 Å². The fraction of sp³-hybridized carbons (Fsp3) is 0.476. The van der Waals surface area contributed by atoms with Crippen LogP contribution in [0.2, 0.25) is 0 Å². The second-order valence-electron chi connectivity index (χ2n) is 8.36. The number of carbonyl (C=O) groups excluding carboxylic acids is 1. The minimum atomic E-state index is -0.579. The zero-order valence-corrected chi connectivity index (χ0v) is 17.4. The number of hydrogen-bond acceptors (Lipinski definition) is 6. The molecule has 3 aromatic rings. The van der Waals surface area contributed by atoms with Crippen LogP contribution in [0.25, 0.3) is 22.6 Å². The van der Waals surface area contributed by atoms with Crippen LogP contribution in [0.3, 0.4) is 0 Å². The van der Waals surface area contributed by atoms with Crippen molar-refractivity contribution in [1.29, 1.82) is 0 Å². The van der Waals surface area contributed by atoms with E-state index in [-0.39, 0.29) is 29.8 Å². The van der Waals surface area contributed by atoms with E-state index in [0.717, 1.165) is 57.6 Å². The van der Waals surface area contributed by atoms with Gasteiger partial charge in [-0.1, -0.05) is 0 Å². The Bertz CT molecular complexity index is 1130. The topological polar surface area (TPSA) is 112 Å². The van der Waals surface area contributed by atoms with Crippen LogP contribution in [0.5, 0.6) is 0 Å². The van der Waals surface area contributed by atoms with Crippen molar-refractivity contribution in [2.75, 3.05) is 18.4 Å². The van der Waals surface area contributed by atoms with Crippen LogP contribution in [0.4, 0.5) is 19.4 Å². The molecule has 2 fully saturated rings. The van der Waals surface area contributed by atoms with Gasteiger partial charge >= 0.3 is 6.03 Å². The van der Waals surface area contributed by atoms with Crippen molar-refractivity contribution in [3.8, 4) is 11.5 Å². The lowest BCUT2D eigenvalue weighted by molar-refractivity contribution is 0.199. The fourth-order valence-electron chi connectivity index (χ4n) is 4.46. The van der Waals surface area contributed by atoms with Gasteiger partial charge in [-0.3, -0.25) is 5.10 Å². The molecule has 32 heavy (non-hydrogen) atoms. The Morgan fingerprint density at radius 3 is 2.75 bits per heavy atom. The summed E-state index contributed by atoms with van der Waals surface area (Å²) in [5.41, 5.74) is 0.696. The van der Waals surface area contributed by atoms with Gasteiger partial charge in [-0.05, 0) is 44.6 Å². The predicted molar refractivity (Wildman–Crippen MR) is 114 cm³/mol. The first-order valence-corrected chi connectivity index (χ1v) is 10.9. The second kappa shape index (κ2) is 8.64. The lowest BCUT2D eigenvalue weighted by atomic mass is 9.91. The standard InChI is InChI=1S/C21H24F2N8O/c22-12-8-15-17(29-30-18(15)24-10-12)20-25-11-16(23)19(28-20)26-13-4-3-5-14(9-13)27-21(32)31-6-1-2-7-31/h8,10-11,13-14H,1-7,9H2,(H,27,32)(H,24,29,30)(H,25,26,28)/t13-,14+/m0/s1. The largest absolute Gasteiger partial charge is 0.365 e. The molecule has 9 nitrogen and oxygen atoms in total. The van der Waals surface area contributed by atoms with Gasteiger partial charge in [-0.25, -0.2) is 28.5 Å². The predicted octanol–water partition coefficient (Wildman–Crippen LogP) is 3.22. The molecule has 168 valence electrons. The van der Waals surface area contributed by atoms with E-state index in [9.17, 15) is 13.6 Å². The Morgan fingerprint density at radius 2 is 1.91 bits per heavy atom. The first-order chi connectivity index (χ1) is 15.6. The molecule has 1 saturated heterocycles. The van der Waals surface area contributed by atoms with Crippen molar-refractivity contribution >= 4 is 22.9 Å². The lowest BCUT2D eigenvalue weighted by Gasteiger charge is -2.32. The number of urea groups is 1. The van der Waals surface area contributed by atoms with Gasteiger partial charge in [0.05, 0.1) is 17.8 Å². The summed E-state index contributed by atoms with van der Waals surface area (Å²) in [6.07, 6.45) is 7.59. The first-order valence-electron chi connectivity index (χ1n) is 10.9. The average Bonchev–Trinajstić information content (AvgIpc) is 3.46. The highest BCUT2D eigenvalue weighted by Gasteiger charge is 2.27. The number of likely N-dealkylation sites (tertiary alicyclic amines) is 1. The molecule has 5 rings (SSSR count). The van der Waals surface area contributed by atoms with Gasteiger partial charge in [-0.2, -0.15) is 5.10 Å². The number of aromatic nitrogens is 5. The van der Waals surface area contributed by atoms with Gasteiger partial charge in [0, 0.05) is 25.2 Å². The maximum atomic E-state index is 14.5. The van der Waals surface area contributed by atoms with Crippen LogP contribution in [-0.4, -0.2) is 61.3 Å². The van der Waals surface area contributed by atoms with E-state index >= 15 is 0 Å². The highest BCUT2D eigenvalue weighted by atomic mass is 19.1. The molecule has 11 heteroatoms. The number of carbonyl (C=O) groups is 1. The third kappa shape index (κ3) is 4.19. The van der Waals surface area contributed by atoms with E-state index in [1.807, 2.05) is 4.90 Å². The second-order valence-corrected chi connectivity index (χ2v) is 8.36. The molecule has 1 saturated carbocycles. The maximum absolute atomic E-state index is 14.5. The molecule has 4 heterocycles. The summed E-state index contributed by atoms with van der Waals surface area (Å²) in [7, 11) is 0. The van der Waals surface area contributed by atoms with Crippen LogP contribution >= 0.6 is 0 Å². The van der Waals surface area contributed by atoms with Gasteiger partial charge in [0.25, 0.3) is 0 Å². The van der Waals surface area contributed by atoms with Crippen LogP contribution in [0.15, 0.2) is 18.5 Å². The average molecular weight is 442 g/mol. The lowest BCUT2D eigenvalue weighted by Crippen LogP contribution is -2.47.